The number of ether oxygens (including phenoxy) is 3. The molecule has 4 unspecified atom stereocenters. The van der Waals surface area contributed by atoms with Crippen LogP contribution in [-0.2, 0) is 12.8 Å². The van der Waals surface area contributed by atoms with Crippen LogP contribution in [0.2, 0.25) is 0 Å². The summed E-state index contributed by atoms with van der Waals surface area (Å²) in [4.78, 5) is 32.8. The van der Waals surface area contributed by atoms with E-state index in [1.165, 1.54) is 12.0 Å². The van der Waals surface area contributed by atoms with Gasteiger partial charge in [-0.05, 0) is 57.0 Å². The zero-order valence-corrected chi connectivity index (χ0v) is 25.3. The SMILES string of the molecule is COc1c(C)cc2c(c1O)C1C3Cc4c(O)c(C)c5c(c4C(CN4C(=O)c6ccccc6C4=O)N3[C@@H](C#N)C(C2)N1C)OCO5. The summed E-state index contributed by atoms with van der Waals surface area (Å²) in [7, 11) is 3.49. The van der Waals surface area contributed by atoms with Gasteiger partial charge < -0.3 is 24.4 Å². The summed E-state index contributed by atoms with van der Waals surface area (Å²) in [6.45, 7) is 3.56. The molecule has 1 fully saturated rings. The Labute approximate surface area is 259 Å². The Morgan fingerprint density at radius 2 is 1.69 bits per heavy atom. The molecule has 2 bridgehead atoms. The molecule has 2 amide bonds. The number of aromatic hydroxyl groups is 2. The van der Waals surface area contributed by atoms with Crippen molar-refractivity contribution in [2.45, 2.75) is 56.9 Å². The molecule has 5 aliphatic rings. The van der Waals surface area contributed by atoms with Crippen molar-refractivity contribution in [2.24, 2.45) is 0 Å². The van der Waals surface area contributed by atoms with E-state index in [9.17, 15) is 25.1 Å². The van der Waals surface area contributed by atoms with E-state index < -0.39 is 29.9 Å². The number of nitriles is 1. The number of benzene rings is 3. The Morgan fingerprint density at radius 3 is 2.36 bits per heavy atom. The fraction of sp³-hybridized carbons (Fsp3) is 0.382. The highest BCUT2D eigenvalue weighted by Crippen LogP contribution is 2.58. The first kappa shape index (κ1) is 27.7. The Balaban J connectivity index is 1.35. The van der Waals surface area contributed by atoms with Crippen LogP contribution in [0.5, 0.6) is 28.7 Å². The van der Waals surface area contributed by atoms with Gasteiger partial charge in [0.2, 0.25) is 6.79 Å². The van der Waals surface area contributed by atoms with Gasteiger partial charge in [0.1, 0.15) is 11.8 Å². The lowest BCUT2D eigenvalue weighted by Crippen LogP contribution is -2.68. The van der Waals surface area contributed by atoms with Crippen molar-refractivity contribution >= 4 is 11.8 Å². The van der Waals surface area contributed by atoms with Crippen LogP contribution in [0.4, 0.5) is 0 Å². The molecule has 45 heavy (non-hydrogen) atoms. The van der Waals surface area contributed by atoms with Gasteiger partial charge >= 0.3 is 0 Å². The van der Waals surface area contributed by atoms with Crippen LogP contribution in [0, 0.1) is 25.2 Å². The fourth-order valence-electron chi connectivity index (χ4n) is 8.60. The topological polar surface area (TPSA) is 136 Å². The molecule has 11 heteroatoms. The van der Waals surface area contributed by atoms with Crippen molar-refractivity contribution in [3.63, 3.8) is 0 Å². The summed E-state index contributed by atoms with van der Waals surface area (Å²) in [5.41, 5.74) is 4.92. The first-order chi connectivity index (χ1) is 21.7. The van der Waals surface area contributed by atoms with E-state index in [-0.39, 0.29) is 36.9 Å². The molecule has 3 aromatic carbocycles. The van der Waals surface area contributed by atoms with Crippen molar-refractivity contribution in [3.8, 4) is 34.8 Å². The zero-order valence-electron chi connectivity index (χ0n) is 25.3. The highest BCUT2D eigenvalue weighted by Gasteiger charge is 2.57. The zero-order chi connectivity index (χ0) is 31.5. The molecule has 5 heterocycles. The maximum Gasteiger partial charge on any atom is 0.261 e. The third-order valence-corrected chi connectivity index (χ3v) is 10.5. The number of piperazine rings is 1. The Bertz CT molecular complexity index is 1850. The predicted molar refractivity (Wildman–Crippen MR) is 160 cm³/mol. The molecule has 0 aliphatic carbocycles. The second kappa shape index (κ2) is 9.60. The molecule has 230 valence electrons. The smallest absolute Gasteiger partial charge is 0.261 e. The Hall–Kier alpha value is -4.79. The van der Waals surface area contributed by atoms with Gasteiger partial charge in [0.25, 0.3) is 11.8 Å². The summed E-state index contributed by atoms with van der Waals surface area (Å²) in [5.74, 6) is 0.583. The van der Waals surface area contributed by atoms with Crippen molar-refractivity contribution in [1.82, 2.24) is 14.7 Å². The summed E-state index contributed by atoms with van der Waals surface area (Å²) in [6.07, 6.45) is 0.831. The van der Waals surface area contributed by atoms with Crippen LogP contribution in [0.15, 0.2) is 30.3 Å². The van der Waals surface area contributed by atoms with Gasteiger partial charge in [-0.1, -0.05) is 18.2 Å². The van der Waals surface area contributed by atoms with Gasteiger partial charge in [0.15, 0.2) is 23.0 Å². The number of methoxy groups -OCH3 is 1. The minimum absolute atomic E-state index is 0.0364. The van der Waals surface area contributed by atoms with E-state index in [2.05, 4.69) is 15.9 Å². The highest BCUT2D eigenvalue weighted by atomic mass is 16.7. The Morgan fingerprint density at radius 1 is 1.00 bits per heavy atom. The monoisotopic (exact) mass is 608 g/mol. The molecule has 5 atom stereocenters. The van der Waals surface area contributed by atoms with E-state index in [0.717, 1.165) is 16.7 Å². The van der Waals surface area contributed by atoms with Crippen molar-refractivity contribution in [1.29, 1.82) is 5.26 Å². The molecular formula is C34H32N4O7. The molecule has 2 N–H and O–H groups in total. The van der Waals surface area contributed by atoms with Gasteiger partial charge in [-0.15, -0.1) is 0 Å². The second-order valence-corrected chi connectivity index (χ2v) is 12.5. The molecular weight excluding hydrogens is 576 g/mol. The lowest BCUT2D eigenvalue weighted by molar-refractivity contribution is -0.0758. The fourth-order valence-corrected chi connectivity index (χ4v) is 8.60. The number of nitrogens with zero attached hydrogens (tertiary/aromatic N) is 4. The largest absolute Gasteiger partial charge is 0.507 e. The van der Waals surface area contributed by atoms with Crippen LogP contribution < -0.4 is 14.2 Å². The Kier molecular flexibility index (Phi) is 5.92. The molecule has 1 saturated heterocycles. The van der Waals surface area contributed by atoms with E-state index in [1.807, 2.05) is 20.0 Å². The lowest BCUT2D eigenvalue weighted by Gasteiger charge is -2.60. The first-order valence-corrected chi connectivity index (χ1v) is 15.0. The maximum absolute atomic E-state index is 13.7. The number of aryl methyl sites for hydroxylation is 1. The third-order valence-electron chi connectivity index (χ3n) is 10.5. The van der Waals surface area contributed by atoms with Crippen LogP contribution in [-0.4, -0.2) is 82.3 Å². The van der Waals surface area contributed by atoms with Crippen LogP contribution in [0.1, 0.15) is 66.2 Å². The number of imide groups is 1. The summed E-state index contributed by atoms with van der Waals surface area (Å²) in [6, 6.07) is 8.91. The summed E-state index contributed by atoms with van der Waals surface area (Å²) in [5, 5.41) is 34.1. The number of fused-ring (bicyclic) bond motifs is 10. The van der Waals surface area contributed by atoms with Gasteiger partial charge in [-0.3, -0.25) is 24.3 Å². The number of hydrogen-bond donors (Lipinski definition) is 2. The molecule has 0 radical (unpaired) electrons. The standard InChI is InChI=1S/C34H32N4O7/c1-15-9-17-10-21-23(12-35)38-22(27(36(21)3)25(17)29(40)30(15)43-4)11-20-26(32-31(44-14-45-32)16(2)28(20)39)24(38)13-37-33(41)18-7-5-6-8-19(18)34(37)42/h5-9,21-24,27,39-40H,10-11,13-14H2,1-4H3/t21?,22?,23-,24?,27?/m0/s1. The summed E-state index contributed by atoms with van der Waals surface area (Å²) < 4.78 is 17.4. The van der Waals surface area contributed by atoms with Crippen LogP contribution >= 0.6 is 0 Å². The number of phenols is 2. The third kappa shape index (κ3) is 3.52. The number of hydrogen-bond acceptors (Lipinski definition) is 10. The average Bonchev–Trinajstić information content (AvgIpc) is 3.60. The number of rotatable bonds is 3. The van der Waals surface area contributed by atoms with E-state index in [1.54, 1.807) is 31.2 Å². The molecule has 3 aromatic rings. The quantitative estimate of drug-likeness (QED) is 0.425. The maximum atomic E-state index is 13.7. The van der Waals surface area contributed by atoms with E-state index >= 15 is 0 Å². The van der Waals surface area contributed by atoms with Gasteiger partial charge in [-0.25, -0.2) is 0 Å². The molecule has 0 aromatic heterocycles. The van der Waals surface area contributed by atoms with Crippen molar-refractivity contribution < 1.29 is 34.0 Å². The number of likely N-dealkylation sites (N-methyl/N-ethyl adjacent to an activating group) is 1. The number of phenolic OH excluding ortho intramolecular Hbond substituents is 2. The van der Waals surface area contributed by atoms with Gasteiger partial charge in [0.05, 0.1) is 36.4 Å². The van der Waals surface area contributed by atoms with E-state index in [0.29, 0.717) is 57.9 Å². The molecule has 0 spiro atoms. The lowest BCUT2D eigenvalue weighted by atomic mass is 9.71. The van der Waals surface area contributed by atoms with Crippen LogP contribution in [0.25, 0.3) is 0 Å². The number of carbonyl (C=O) groups is 2. The average molecular weight is 609 g/mol. The van der Waals surface area contributed by atoms with E-state index in [4.69, 9.17) is 14.2 Å². The second-order valence-electron chi connectivity index (χ2n) is 12.5. The first-order valence-electron chi connectivity index (χ1n) is 15.0. The van der Waals surface area contributed by atoms with Gasteiger partial charge in [-0.2, -0.15) is 5.26 Å². The normalized spacial score (nSPS) is 26.2. The number of carbonyl (C=O) groups excluding carboxylic acids is 2. The van der Waals surface area contributed by atoms with Crippen molar-refractivity contribution in [3.05, 3.63) is 74.8 Å². The minimum Gasteiger partial charge on any atom is -0.507 e. The summed E-state index contributed by atoms with van der Waals surface area (Å²) >= 11 is 0. The van der Waals surface area contributed by atoms with Crippen LogP contribution in [0.3, 0.4) is 0 Å². The molecule has 11 nitrogen and oxygen atoms in total. The molecule has 8 rings (SSSR count). The van der Waals surface area contributed by atoms with Gasteiger partial charge in [0, 0.05) is 40.9 Å². The minimum atomic E-state index is -0.706. The predicted octanol–water partition coefficient (Wildman–Crippen LogP) is 3.52. The van der Waals surface area contributed by atoms with Crippen molar-refractivity contribution in [2.75, 3.05) is 27.5 Å². The number of amides is 2. The molecule has 0 saturated carbocycles. The highest BCUT2D eigenvalue weighted by molar-refractivity contribution is 6.21. The molecule has 5 aliphatic heterocycles.